The first-order valence-corrected chi connectivity index (χ1v) is 9.26. The third kappa shape index (κ3) is 2.92. The molecule has 0 radical (unpaired) electrons. The van der Waals surface area contributed by atoms with Crippen LogP contribution >= 0.6 is 22.9 Å². The van der Waals surface area contributed by atoms with Crippen LogP contribution in [0.1, 0.15) is 16.1 Å². The van der Waals surface area contributed by atoms with Crippen LogP contribution < -0.4 is 4.90 Å². The lowest BCUT2D eigenvalue weighted by Gasteiger charge is -2.32. The molecule has 0 saturated carbocycles. The Hall–Kier alpha value is -1.89. The number of nitrogens with one attached hydrogen (secondary N) is 1. The smallest absolute Gasteiger partial charge is 0.274 e. The Kier molecular flexibility index (Phi) is 4.26. The summed E-state index contributed by atoms with van der Waals surface area (Å²) in [5.74, 6) is -0.0235. The molecule has 0 aliphatic carbocycles. The molecule has 1 fully saturated rings. The number of hydrogen-bond acceptors (Lipinski definition) is 3. The van der Waals surface area contributed by atoms with Gasteiger partial charge in [-0.1, -0.05) is 41.9 Å². The molecule has 3 heterocycles. The lowest BCUT2D eigenvalue weighted by molar-refractivity contribution is -0.917. The second kappa shape index (κ2) is 6.55. The minimum atomic E-state index is -0.0235. The maximum absolute atomic E-state index is 12.8. The predicted octanol–water partition coefficient (Wildman–Crippen LogP) is 1.59. The molecule has 2 aromatic heterocycles. The maximum atomic E-state index is 12.8. The molecular formula is C17H18ClN4OS+. The summed E-state index contributed by atoms with van der Waals surface area (Å²) in [6, 6.07) is 10.5. The van der Waals surface area contributed by atoms with E-state index in [1.54, 1.807) is 4.40 Å². The first-order valence-electron chi connectivity index (χ1n) is 8.00. The maximum Gasteiger partial charge on any atom is 0.274 e. The molecule has 1 amide bonds. The number of piperazine rings is 1. The molecule has 1 saturated heterocycles. The number of hydrogen-bond donors (Lipinski definition) is 1. The van der Waals surface area contributed by atoms with Crippen molar-refractivity contribution < 1.29 is 9.69 Å². The average molecular weight is 362 g/mol. The van der Waals surface area contributed by atoms with Gasteiger partial charge in [0, 0.05) is 17.1 Å². The summed E-state index contributed by atoms with van der Waals surface area (Å²) >= 11 is 7.66. The van der Waals surface area contributed by atoms with Gasteiger partial charge in [-0.15, -0.1) is 11.3 Å². The fourth-order valence-corrected chi connectivity index (χ4v) is 4.20. The van der Waals surface area contributed by atoms with Gasteiger partial charge < -0.3 is 9.80 Å². The van der Waals surface area contributed by atoms with Crippen LogP contribution in [0.2, 0.25) is 5.15 Å². The topological polar surface area (TPSA) is 42.1 Å². The summed E-state index contributed by atoms with van der Waals surface area (Å²) < 4.78 is 1.79. The van der Waals surface area contributed by atoms with Gasteiger partial charge in [-0.3, -0.25) is 9.20 Å². The number of fused-ring (bicyclic) bond motifs is 1. The van der Waals surface area contributed by atoms with E-state index in [4.69, 9.17) is 11.6 Å². The number of halogens is 1. The van der Waals surface area contributed by atoms with Crippen molar-refractivity contribution in [3.8, 4) is 0 Å². The third-order valence-corrected chi connectivity index (χ3v) is 5.50. The number of carbonyl (C=O) groups is 1. The van der Waals surface area contributed by atoms with Gasteiger partial charge in [0.15, 0.2) is 15.8 Å². The van der Waals surface area contributed by atoms with Crippen molar-refractivity contribution in [1.29, 1.82) is 0 Å². The van der Waals surface area contributed by atoms with E-state index in [-0.39, 0.29) is 5.91 Å². The number of benzene rings is 1. The van der Waals surface area contributed by atoms with Crippen molar-refractivity contribution in [2.45, 2.75) is 6.54 Å². The molecule has 0 spiro atoms. The van der Waals surface area contributed by atoms with Crippen LogP contribution in [0, 0.1) is 0 Å². The second-order valence-electron chi connectivity index (χ2n) is 6.01. The number of carbonyl (C=O) groups excluding carboxylic acids is 1. The lowest BCUT2D eigenvalue weighted by Crippen LogP contribution is -3.13. The minimum Gasteiger partial charge on any atom is -0.328 e. The molecule has 7 heteroatoms. The van der Waals surface area contributed by atoms with Gasteiger partial charge in [0.2, 0.25) is 0 Å². The Morgan fingerprint density at radius 1 is 1.25 bits per heavy atom. The Labute approximate surface area is 149 Å². The predicted molar refractivity (Wildman–Crippen MR) is 94.8 cm³/mol. The van der Waals surface area contributed by atoms with Gasteiger partial charge in [0.25, 0.3) is 5.91 Å². The van der Waals surface area contributed by atoms with Crippen LogP contribution in [-0.4, -0.2) is 46.4 Å². The summed E-state index contributed by atoms with van der Waals surface area (Å²) in [6.07, 6.45) is 1.85. The summed E-state index contributed by atoms with van der Waals surface area (Å²) in [5.41, 5.74) is 1.82. The highest BCUT2D eigenvalue weighted by molar-refractivity contribution is 7.15. The molecule has 0 bridgehead atoms. The van der Waals surface area contributed by atoms with E-state index in [1.165, 1.54) is 21.8 Å². The van der Waals surface area contributed by atoms with Gasteiger partial charge in [0.1, 0.15) is 6.54 Å². The number of amides is 1. The molecular weight excluding hydrogens is 344 g/mol. The zero-order valence-electron chi connectivity index (χ0n) is 13.1. The molecule has 24 heavy (non-hydrogen) atoms. The van der Waals surface area contributed by atoms with Gasteiger partial charge in [0.05, 0.1) is 26.2 Å². The van der Waals surface area contributed by atoms with E-state index >= 15 is 0 Å². The number of aromatic nitrogens is 2. The van der Waals surface area contributed by atoms with Crippen molar-refractivity contribution in [3.63, 3.8) is 0 Å². The van der Waals surface area contributed by atoms with Gasteiger partial charge in [-0.2, -0.15) is 0 Å². The van der Waals surface area contributed by atoms with Crippen LogP contribution in [0.3, 0.4) is 0 Å². The number of rotatable bonds is 3. The van der Waals surface area contributed by atoms with Crippen molar-refractivity contribution in [1.82, 2.24) is 14.3 Å². The molecule has 5 nitrogen and oxygen atoms in total. The van der Waals surface area contributed by atoms with E-state index in [1.807, 2.05) is 22.5 Å². The van der Waals surface area contributed by atoms with E-state index in [0.29, 0.717) is 10.8 Å². The minimum absolute atomic E-state index is 0.0235. The van der Waals surface area contributed by atoms with Crippen LogP contribution in [0.5, 0.6) is 0 Å². The second-order valence-corrected chi connectivity index (χ2v) is 7.24. The van der Waals surface area contributed by atoms with Crippen LogP contribution in [0.15, 0.2) is 41.9 Å². The molecule has 4 rings (SSSR count). The molecule has 124 valence electrons. The molecule has 0 unspecified atom stereocenters. The van der Waals surface area contributed by atoms with Crippen LogP contribution in [0.25, 0.3) is 4.96 Å². The third-order valence-electron chi connectivity index (χ3n) is 4.48. The zero-order valence-corrected chi connectivity index (χ0v) is 14.7. The number of quaternary nitrogens is 1. The van der Waals surface area contributed by atoms with Crippen molar-refractivity contribution in [3.05, 3.63) is 58.3 Å². The van der Waals surface area contributed by atoms with Gasteiger partial charge >= 0.3 is 0 Å². The Morgan fingerprint density at radius 3 is 2.75 bits per heavy atom. The van der Waals surface area contributed by atoms with Crippen molar-refractivity contribution in [2.75, 3.05) is 26.2 Å². The normalized spacial score (nSPS) is 16.0. The van der Waals surface area contributed by atoms with E-state index < -0.39 is 0 Å². The fourth-order valence-electron chi connectivity index (χ4n) is 3.19. The largest absolute Gasteiger partial charge is 0.328 e. The quantitative estimate of drug-likeness (QED) is 0.769. The summed E-state index contributed by atoms with van der Waals surface area (Å²) in [5, 5.41) is 2.21. The Morgan fingerprint density at radius 2 is 2.00 bits per heavy atom. The van der Waals surface area contributed by atoms with Gasteiger partial charge in [-0.25, -0.2) is 4.98 Å². The Bertz CT molecular complexity index is 852. The summed E-state index contributed by atoms with van der Waals surface area (Å²) in [4.78, 5) is 21.2. The molecule has 1 aliphatic heterocycles. The molecule has 1 aromatic carbocycles. The first-order chi connectivity index (χ1) is 11.7. The van der Waals surface area contributed by atoms with Crippen LogP contribution in [0.4, 0.5) is 0 Å². The van der Waals surface area contributed by atoms with Crippen molar-refractivity contribution in [2.24, 2.45) is 0 Å². The highest BCUT2D eigenvalue weighted by atomic mass is 35.5. The monoisotopic (exact) mass is 361 g/mol. The number of imidazole rings is 1. The SMILES string of the molecule is O=C(c1c(Cl)nc2sccn12)N1CC[NH+](Cc2ccccc2)CC1. The van der Waals surface area contributed by atoms with E-state index in [2.05, 4.69) is 29.2 Å². The molecule has 0 atom stereocenters. The highest BCUT2D eigenvalue weighted by Crippen LogP contribution is 2.22. The van der Waals surface area contributed by atoms with Crippen molar-refractivity contribution >= 4 is 33.8 Å². The number of thiazole rings is 1. The highest BCUT2D eigenvalue weighted by Gasteiger charge is 2.28. The lowest BCUT2D eigenvalue weighted by atomic mass is 10.2. The molecule has 1 aliphatic rings. The fraction of sp³-hybridized carbons (Fsp3) is 0.294. The summed E-state index contributed by atoms with van der Waals surface area (Å²) in [7, 11) is 0. The number of nitrogens with zero attached hydrogens (tertiary/aromatic N) is 3. The first kappa shape index (κ1) is 15.6. The Balaban J connectivity index is 1.43. The average Bonchev–Trinajstić information content (AvgIpc) is 3.16. The van der Waals surface area contributed by atoms with Gasteiger partial charge in [-0.05, 0) is 0 Å². The van der Waals surface area contributed by atoms with E-state index in [0.717, 1.165) is 37.7 Å². The standard InChI is InChI=1S/C17H17ClN4OS/c18-15-14(22-10-11-24-17(22)19-15)16(23)21-8-6-20(7-9-21)12-13-4-2-1-3-5-13/h1-5,10-11H,6-9,12H2/p+1. The molecule has 3 aromatic rings. The summed E-state index contributed by atoms with van der Waals surface area (Å²) in [6.45, 7) is 4.39. The molecule has 1 N–H and O–H groups in total. The van der Waals surface area contributed by atoms with E-state index in [9.17, 15) is 4.79 Å². The van der Waals surface area contributed by atoms with Crippen LogP contribution in [-0.2, 0) is 6.54 Å². The zero-order chi connectivity index (χ0) is 16.5.